The minimum Gasteiger partial charge on any atom is -0.550 e. The molecule has 134 valence electrons. The molecule has 0 spiro atoms. The molecule has 0 aliphatic carbocycles. The lowest BCUT2D eigenvalue weighted by Crippen LogP contribution is -2.36. The first-order valence-electron chi connectivity index (χ1n) is 8.53. The lowest BCUT2D eigenvalue weighted by molar-refractivity contribution is -0.313. The van der Waals surface area contributed by atoms with Crippen LogP contribution in [0.1, 0.15) is 39.5 Å². The zero-order valence-electron chi connectivity index (χ0n) is 14.5. The maximum Gasteiger partial charge on any atom is 0.226 e. The molecule has 1 aromatic carbocycles. The van der Waals surface area contributed by atoms with Crippen LogP contribution in [0.3, 0.4) is 0 Å². The van der Waals surface area contributed by atoms with Gasteiger partial charge in [0.1, 0.15) is 0 Å². The van der Waals surface area contributed by atoms with E-state index in [0.717, 1.165) is 24.1 Å². The van der Waals surface area contributed by atoms with Gasteiger partial charge in [0, 0.05) is 29.3 Å². The summed E-state index contributed by atoms with van der Waals surface area (Å²) >= 11 is 1.36. The second-order valence-electron chi connectivity index (χ2n) is 6.20. The quantitative estimate of drug-likeness (QED) is 0.744. The summed E-state index contributed by atoms with van der Waals surface area (Å²) in [5.41, 5.74) is 1.80. The van der Waals surface area contributed by atoms with Crippen LogP contribution in [0.5, 0.6) is 0 Å². The SMILES string of the molecule is CCCC[C@H](C(=O)[O-])[C@H](C)CC(=O)Nc1nc(-c2ccccc2)cs1. The van der Waals surface area contributed by atoms with E-state index in [1.54, 1.807) is 6.92 Å². The number of aliphatic carboxylic acids is 1. The lowest BCUT2D eigenvalue weighted by atomic mass is 9.87. The highest BCUT2D eigenvalue weighted by Crippen LogP contribution is 2.26. The minimum atomic E-state index is -1.07. The average Bonchev–Trinajstić information content (AvgIpc) is 3.04. The molecule has 0 saturated carbocycles. The molecule has 0 saturated heterocycles. The number of carbonyl (C=O) groups is 2. The van der Waals surface area contributed by atoms with Gasteiger partial charge in [0.25, 0.3) is 0 Å². The number of carboxylic acids is 1. The molecule has 0 bridgehead atoms. The van der Waals surface area contributed by atoms with Crippen molar-refractivity contribution in [1.29, 1.82) is 0 Å². The molecule has 1 amide bonds. The number of aromatic nitrogens is 1. The van der Waals surface area contributed by atoms with E-state index >= 15 is 0 Å². The van der Waals surface area contributed by atoms with Crippen molar-refractivity contribution in [2.45, 2.75) is 39.5 Å². The summed E-state index contributed by atoms with van der Waals surface area (Å²) < 4.78 is 0. The highest BCUT2D eigenvalue weighted by atomic mass is 32.1. The van der Waals surface area contributed by atoms with E-state index in [2.05, 4.69) is 10.3 Å². The van der Waals surface area contributed by atoms with Crippen molar-refractivity contribution in [3.8, 4) is 11.3 Å². The number of unbranched alkanes of at least 4 members (excludes halogenated alkanes) is 1. The van der Waals surface area contributed by atoms with Gasteiger partial charge in [-0.15, -0.1) is 11.3 Å². The Morgan fingerprint density at radius 3 is 2.64 bits per heavy atom. The van der Waals surface area contributed by atoms with Crippen LogP contribution in [0.15, 0.2) is 35.7 Å². The third-order valence-corrected chi connectivity index (χ3v) is 4.94. The number of thiazole rings is 1. The van der Waals surface area contributed by atoms with Crippen molar-refractivity contribution < 1.29 is 14.7 Å². The van der Waals surface area contributed by atoms with Crippen molar-refractivity contribution in [1.82, 2.24) is 4.98 Å². The molecule has 1 heterocycles. The molecule has 2 aromatic rings. The number of hydrogen-bond donors (Lipinski definition) is 1. The van der Waals surface area contributed by atoms with E-state index in [1.165, 1.54) is 11.3 Å². The first kappa shape index (κ1) is 19.1. The Morgan fingerprint density at radius 1 is 1.28 bits per heavy atom. The van der Waals surface area contributed by atoms with Crippen LogP contribution in [0, 0.1) is 11.8 Å². The Hall–Kier alpha value is -2.21. The summed E-state index contributed by atoms with van der Waals surface area (Å²) in [4.78, 5) is 27.9. The Balaban J connectivity index is 1.93. The Bertz CT molecular complexity index is 700. The van der Waals surface area contributed by atoms with E-state index < -0.39 is 11.9 Å². The standard InChI is InChI=1S/C19H24N2O3S/c1-3-4-10-15(18(23)24)13(2)11-17(22)21-19-20-16(12-25-19)14-8-6-5-7-9-14/h5-9,12-13,15H,3-4,10-11H2,1-2H3,(H,23,24)(H,20,21,22)/p-1/t13-,15+/m1/s1. The number of anilines is 1. The van der Waals surface area contributed by atoms with Gasteiger partial charge in [-0.25, -0.2) is 4.98 Å². The maximum atomic E-state index is 12.2. The molecule has 0 unspecified atom stereocenters. The zero-order valence-corrected chi connectivity index (χ0v) is 15.3. The number of hydrogen-bond acceptors (Lipinski definition) is 5. The molecule has 1 aromatic heterocycles. The molecule has 2 rings (SSSR count). The third kappa shape index (κ3) is 5.67. The molecule has 5 nitrogen and oxygen atoms in total. The van der Waals surface area contributed by atoms with Crippen LogP contribution in [-0.2, 0) is 9.59 Å². The van der Waals surface area contributed by atoms with Crippen molar-refractivity contribution in [2.75, 3.05) is 5.32 Å². The predicted octanol–water partition coefficient (Wildman–Crippen LogP) is 3.33. The number of amides is 1. The maximum absolute atomic E-state index is 12.2. The van der Waals surface area contributed by atoms with E-state index in [4.69, 9.17) is 0 Å². The summed E-state index contributed by atoms with van der Waals surface area (Å²) in [6.07, 6.45) is 2.42. The number of carbonyl (C=O) groups excluding carboxylic acids is 2. The molecule has 0 radical (unpaired) electrons. The third-order valence-electron chi connectivity index (χ3n) is 4.19. The Kier molecular flexibility index (Phi) is 7.13. The molecular weight excluding hydrogens is 336 g/mol. The first-order valence-corrected chi connectivity index (χ1v) is 9.40. The Morgan fingerprint density at radius 2 is 2.00 bits per heavy atom. The lowest BCUT2D eigenvalue weighted by Gasteiger charge is -2.24. The topological polar surface area (TPSA) is 82.1 Å². The van der Waals surface area contributed by atoms with Crippen molar-refractivity contribution in [3.63, 3.8) is 0 Å². The van der Waals surface area contributed by atoms with Gasteiger partial charge in [0.2, 0.25) is 5.91 Å². The van der Waals surface area contributed by atoms with Gasteiger partial charge >= 0.3 is 0 Å². The molecule has 0 fully saturated rings. The van der Waals surface area contributed by atoms with Gasteiger partial charge in [-0.1, -0.05) is 57.0 Å². The van der Waals surface area contributed by atoms with Crippen LogP contribution in [0.4, 0.5) is 5.13 Å². The summed E-state index contributed by atoms with van der Waals surface area (Å²) in [5.74, 6) is -2.16. The summed E-state index contributed by atoms with van der Waals surface area (Å²) in [5, 5.41) is 16.5. The van der Waals surface area contributed by atoms with E-state index in [1.807, 2.05) is 42.6 Å². The fourth-order valence-corrected chi connectivity index (χ4v) is 3.47. The van der Waals surface area contributed by atoms with Gasteiger partial charge in [-0.2, -0.15) is 0 Å². The molecule has 25 heavy (non-hydrogen) atoms. The number of rotatable bonds is 9. The smallest absolute Gasteiger partial charge is 0.226 e. The van der Waals surface area contributed by atoms with Gasteiger partial charge < -0.3 is 15.2 Å². The van der Waals surface area contributed by atoms with Gasteiger partial charge in [0.05, 0.1) is 5.69 Å². The van der Waals surface area contributed by atoms with Gasteiger partial charge in [-0.3, -0.25) is 4.79 Å². The minimum absolute atomic E-state index is 0.141. The zero-order chi connectivity index (χ0) is 18.2. The van der Waals surface area contributed by atoms with Crippen LogP contribution in [0.2, 0.25) is 0 Å². The van der Waals surface area contributed by atoms with Crippen LogP contribution < -0.4 is 10.4 Å². The van der Waals surface area contributed by atoms with Crippen molar-refractivity contribution in [3.05, 3.63) is 35.7 Å². The second kappa shape index (κ2) is 9.32. The van der Waals surface area contributed by atoms with Crippen molar-refractivity contribution >= 4 is 28.3 Å². The fraction of sp³-hybridized carbons (Fsp3) is 0.421. The number of benzene rings is 1. The van der Waals surface area contributed by atoms with E-state index in [0.29, 0.717) is 11.6 Å². The fourth-order valence-electron chi connectivity index (χ4n) is 2.74. The molecule has 1 N–H and O–H groups in total. The molecule has 2 atom stereocenters. The summed E-state index contributed by atoms with van der Waals surface area (Å²) in [6, 6.07) is 9.73. The van der Waals surface area contributed by atoms with Crippen LogP contribution in [-0.4, -0.2) is 16.9 Å². The summed E-state index contributed by atoms with van der Waals surface area (Å²) in [7, 11) is 0. The Labute approximate surface area is 152 Å². The first-order chi connectivity index (χ1) is 12.0. The second-order valence-corrected chi connectivity index (χ2v) is 7.06. The number of nitrogens with one attached hydrogen (secondary N) is 1. The van der Waals surface area contributed by atoms with Crippen LogP contribution in [0.25, 0.3) is 11.3 Å². The van der Waals surface area contributed by atoms with Crippen LogP contribution >= 0.6 is 11.3 Å². The monoisotopic (exact) mass is 359 g/mol. The highest BCUT2D eigenvalue weighted by Gasteiger charge is 2.21. The largest absolute Gasteiger partial charge is 0.550 e. The van der Waals surface area contributed by atoms with Crippen molar-refractivity contribution in [2.24, 2.45) is 11.8 Å². The van der Waals surface area contributed by atoms with Gasteiger partial charge in [-0.05, 0) is 12.3 Å². The predicted molar refractivity (Wildman–Crippen MR) is 98.0 cm³/mol. The number of nitrogens with zero attached hydrogens (tertiary/aromatic N) is 1. The molecular formula is C19H23N2O3S-. The van der Waals surface area contributed by atoms with E-state index in [9.17, 15) is 14.7 Å². The normalized spacial score (nSPS) is 13.2. The molecule has 0 aliphatic rings. The number of carboxylic acid groups (broad SMARTS) is 1. The molecule has 6 heteroatoms. The molecule has 0 aliphatic heterocycles. The van der Waals surface area contributed by atoms with Gasteiger partial charge in [0.15, 0.2) is 5.13 Å². The summed E-state index contributed by atoms with van der Waals surface area (Å²) in [6.45, 7) is 3.80. The highest BCUT2D eigenvalue weighted by molar-refractivity contribution is 7.14. The van der Waals surface area contributed by atoms with E-state index in [-0.39, 0.29) is 18.2 Å². The average molecular weight is 359 g/mol.